The Kier molecular flexibility index (Phi) is 3.23. The largest absolute Gasteiger partial charge is 0.472 e. The molecule has 1 rings (SSSR count). The smallest absolute Gasteiger partial charge is 0.214 e. The van der Waals surface area contributed by atoms with Gasteiger partial charge in [-0.1, -0.05) is 6.07 Å². The second-order valence-corrected chi connectivity index (χ2v) is 4.69. The van der Waals surface area contributed by atoms with Crippen molar-refractivity contribution in [3.05, 3.63) is 18.2 Å². The van der Waals surface area contributed by atoms with Crippen LogP contribution >= 0.6 is 0 Å². The number of hydrogen-bond acceptors (Lipinski definition) is 3. The van der Waals surface area contributed by atoms with Crippen LogP contribution in [0.4, 0.5) is 0 Å². The molecule has 0 amide bonds. The van der Waals surface area contributed by atoms with Crippen molar-refractivity contribution in [3.63, 3.8) is 0 Å². The third-order valence-electron chi connectivity index (χ3n) is 1.29. The van der Waals surface area contributed by atoms with E-state index in [1.165, 1.54) is 6.07 Å². The highest BCUT2D eigenvalue weighted by atomic mass is 32.2. The Morgan fingerprint density at radius 3 is 2.57 bits per heavy atom. The van der Waals surface area contributed by atoms with Crippen LogP contribution < -0.4 is 4.74 Å². The maximum absolute atomic E-state index is 10.7. The first-order chi connectivity index (χ1) is 6.38. The van der Waals surface area contributed by atoms with Crippen molar-refractivity contribution in [2.45, 2.75) is 31.4 Å². The average molecular weight is 215 g/mol. The highest BCUT2D eigenvalue weighted by Crippen LogP contribution is 2.16. The summed E-state index contributed by atoms with van der Waals surface area (Å²) in [6.45, 7) is 5.66. The highest BCUT2D eigenvalue weighted by Gasteiger charge is 2.13. The predicted molar refractivity (Wildman–Crippen MR) is 53.7 cm³/mol. The zero-order valence-electron chi connectivity index (χ0n) is 8.35. The number of nitrogens with zero attached hydrogens (tertiary/aromatic N) is 1. The van der Waals surface area contributed by atoms with Crippen LogP contribution in [0.1, 0.15) is 20.8 Å². The van der Waals surface area contributed by atoms with E-state index in [-0.39, 0.29) is 10.6 Å². The summed E-state index contributed by atoms with van der Waals surface area (Å²) in [5.74, 6) is 0.359. The summed E-state index contributed by atoms with van der Waals surface area (Å²) in [4.78, 5) is 3.89. The molecular formula is C9H13NO3S. The molecule has 1 atom stereocenters. The first-order valence-electron chi connectivity index (χ1n) is 4.15. The van der Waals surface area contributed by atoms with Crippen LogP contribution in [-0.4, -0.2) is 19.3 Å². The molecule has 1 aromatic heterocycles. The summed E-state index contributed by atoms with van der Waals surface area (Å²) >= 11 is -2.06. The Hall–Kier alpha value is -0.940. The third-order valence-corrected chi connectivity index (χ3v) is 1.87. The first-order valence-corrected chi connectivity index (χ1v) is 5.26. The fraction of sp³-hybridized carbons (Fsp3) is 0.444. The summed E-state index contributed by atoms with van der Waals surface area (Å²) in [7, 11) is 0. The summed E-state index contributed by atoms with van der Waals surface area (Å²) in [6.07, 6.45) is 0. The number of hydrogen-bond donors (Lipinski definition) is 1. The molecule has 1 N–H and O–H groups in total. The molecule has 0 aliphatic carbocycles. The molecule has 0 bridgehead atoms. The molecule has 0 aromatic carbocycles. The van der Waals surface area contributed by atoms with Gasteiger partial charge in [0.2, 0.25) is 17.0 Å². The quantitative estimate of drug-likeness (QED) is 0.765. The van der Waals surface area contributed by atoms with E-state index in [0.29, 0.717) is 5.88 Å². The zero-order valence-corrected chi connectivity index (χ0v) is 9.17. The molecule has 0 aliphatic heterocycles. The van der Waals surface area contributed by atoms with Crippen molar-refractivity contribution in [3.8, 4) is 5.88 Å². The Balaban J connectivity index is 2.89. The van der Waals surface area contributed by atoms with E-state index in [1.54, 1.807) is 12.1 Å². The van der Waals surface area contributed by atoms with Crippen LogP contribution in [0.2, 0.25) is 0 Å². The Morgan fingerprint density at radius 1 is 1.43 bits per heavy atom. The van der Waals surface area contributed by atoms with E-state index in [4.69, 9.17) is 9.29 Å². The molecule has 0 spiro atoms. The highest BCUT2D eigenvalue weighted by molar-refractivity contribution is 7.79. The van der Waals surface area contributed by atoms with Gasteiger partial charge in [-0.3, -0.25) is 0 Å². The fourth-order valence-electron chi connectivity index (χ4n) is 0.864. The van der Waals surface area contributed by atoms with Gasteiger partial charge < -0.3 is 9.29 Å². The second kappa shape index (κ2) is 4.06. The van der Waals surface area contributed by atoms with Gasteiger partial charge in [0.05, 0.1) is 0 Å². The van der Waals surface area contributed by atoms with E-state index in [9.17, 15) is 4.21 Å². The summed E-state index contributed by atoms with van der Waals surface area (Å²) in [6, 6.07) is 4.77. The number of rotatable bonds is 2. The van der Waals surface area contributed by atoms with E-state index in [2.05, 4.69) is 4.98 Å². The Labute approximate surface area is 85.6 Å². The van der Waals surface area contributed by atoms with Gasteiger partial charge in [0.1, 0.15) is 5.60 Å². The van der Waals surface area contributed by atoms with Crippen molar-refractivity contribution >= 4 is 11.1 Å². The maximum atomic E-state index is 10.7. The second-order valence-electron chi connectivity index (χ2n) is 3.78. The maximum Gasteiger partial charge on any atom is 0.214 e. The van der Waals surface area contributed by atoms with Gasteiger partial charge >= 0.3 is 0 Å². The molecule has 1 heterocycles. The normalized spacial score (nSPS) is 13.7. The van der Waals surface area contributed by atoms with Crippen LogP contribution in [-0.2, 0) is 11.1 Å². The molecule has 0 fully saturated rings. The molecule has 5 heteroatoms. The Bertz CT molecular complexity index is 346. The van der Waals surface area contributed by atoms with Gasteiger partial charge in [-0.25, -0.2) is 9.19 Å². The van der Waals surface area contributed by atoms with E-state index in [1.807, 2.05) is 20.8 Å². The van der Waals surface area contributed by atoms with Gasteiger partial charge in [-0.15, -0.1) is 0 Å². The van der Waals surface area contributed by atoms with Crippen LogP contribution in [0.3, 0.4) is 0 Å². The lowest BCUT2D eigenvalue weighted by molar-refractivity contribution is 0.123. The van der Waals surface area contributed by atoms with Gasteiger partial charge in [-0.05, 0) is 26.8 Å². The summed E-state index contributed by atoms with van der Waals surface area (Å²) in [5, 5.41) is 0.103. The molecular weight excluding hydrogens is 202 g/mol. The summed E-state index contributed by atoms with van der Waals surface area (Å²) < 4.78 is 24.9. The predicted octanol–water partition coefficient (Wildman–Crippen LogP) is 1.84. The fourth-order valence-corrected chi connectivity index (χ4v) is 1.23. The molecule has 0 radical (unpaired) electrons. The van der Waals surface area contributed by atoms with Gasteiger partial charge in [0.25, 0.3) is 0 Å². The minimum absolute atomic E-state index is 0.103. The van der Waals surface area contributed by atoms with Crippen LogP contribution in [0.25, 0.3) is 0 Å². The standard InChI is InChI=1S/C9H13NO3S/c1-9(2,3)13-7-5-4-6-8(10-7)14(11)12/h4-6H,1-3H3,(H,11,12). The van der Waals surface area contributed by atoms with E-state index >= 15 is 0 Å². The average Bonchev–Trinajstić information content (AvgIpc) is 2.01. The van der Waals surface area contributed by atoms with E-state index < -0.39 is 11.1 Å². The lowest BCUT2D eigenvalue weighted by Gasteiger charge is -2.20. The molecule has 14 heavy (non-hydrogen) atoms. The van der Waals surface area contributed by atoms with Crippen molar-refractivity contribution in [1.29, 1.82) is 0 Å². The van der Waals surface area contributed by atoms with Crippen molar-refractivity contribution in [2.24, 2.45) is 0 Å². The summed E-state index contributed by atoms with van der Waals surface area (Å²) in [5.41, 5.74) is -0.359. The third kappa shape index (κ3) is 3.43. The van der Waals surface area contributed by atoms with Gasteiger partial charge in [-0.2, -0.15) is 0 Å². The minimum Gasteiger partial charge on any atom is -0.472 e. The first kappa shape index (κ1) is 11.1. The van der Waals surface area contributed by atoms with Gasteiger partial charge in [0.15, 0.2) is 5.03 Å². The number of aromatic nitrogens is 1. The molecule has 0 saturated heterocycles. The lowest BCUT2D eigenvalue weighted by Crippen LogP contribution is -2.23. The molecule has 0 saturated carbocycles. The van der Waals surface area contributed by atoms with E-state index in [0.717, 1.165) is 0 Å². The zero-order chi connectivity index (χ0) is 10.8. The monoisotopic (exact) mass is 215 g/mol. The lowest BCUT2D eigenvalue weighted by atomic mass is 10.2. The van der Waals surface area contributed by atoms with Crippen molar-refractivity contribution in [1.82, 2.24) is 4.98 Å². The molecule has 4 nitrogen and oxygen atoms in total. The van der Waals surface area contributed by atoms with Crippen molar-refractivity contribution < 1.29 is 13.5 Å². The molecule has 0 aliphatic rings. The Morgan fingerprint density at radius 2 is 2.07 bits per heavy atom. The topological polar surface area (TPSA) is 59.4 Å². The molecule has 1 aromatic rings. The minimum atomic E-state index is -2.06. The number of ether oxygens (including phenoxy) is 1. The molecule has 78 valence electrons. The van der Waals surface area contributed by atoms with Crippen LogP contribution in [0.5, 0.6) is 5.88 Å². The van der Waals surface area contributed by atoms with Crippen LogP contribution in [0.15, 0.2) is 23.2 Å². The molecule has 1 unspecified atom stereocenters. The van der Waals surface area contributed by atoms with Crippen molar-refractivity contribution in [2.75, 3.05) is 0 Å². The van der Waals surface area contributed by atoms with Gasteiger partial charge in [0, 0.05) is 6.07 Å². The van der Waals surface area contributed by atoms with Crippen LogP contribution in [0, 0.1) is 0 Å². The number of pyridine rings is 1. The SMILES string of the molecule is CC(C)(C)Oc1cccc(S(=O)O)n1.